The number of imidazole rings is 1. The number of rotatable bonds is 1. The highest BCUT2D eigenvalue weighted by atomic mass is 15.0. The molecule has 4 heteroatoms. The Morgan fingerprint density at radius 3 is 2.58 bits per heavy atom. The summed E-state index contributed by atoms with van der Waals surface area (Å²) in [6.07, 6.45) is 5.02. The Bertz CT molecular complexity index is 812. The lowest BCUT2D eigenvalue weighted by molar-refractivity contribution is 1.17. The van der Waals surface area contributed by atoms with Gasteiger partial charge >= 0.3 is 0 Å². The van der Waals surface area contributed by atoms with Crippen molar-refractivity contribution in [3.8, 4) is 11.5 Å². The minimum absolute atomic E-state index is 0.749. The molecule has 19 heavy (non-hydrogen) atoms. The second kappa shape index (κ2) is 3.88. The number of aromatic amines is 1. The van der Waals surface area contributed by atoms with Crippen molar-refractivity contribution in [2.75, 3.05) is 0 Å². The maximum atomic E-state index is 4.58. The lowest BCUT2D eigenvalue weighted by Gasteiger charge is -1.95. The maximum Gasteiger partial charge on any atom is 0.158 e. The summed E-state index contributed by atoms with van der Waals surface area (Å²) in [6.45, 7) is 0. The topological polar surface area (TPSA) is 54.5 Å². The van der Waals surface area contributed by atoms with Crippen LogP contribution in [0.25, 0.3) is 33.3 Å². The number of nitrogens with one attached hydrogen (secondary N) is 1. The van der Waals surface area contributed by atoms with E-state index in [0.29, 0.717) is 0 Å². The van der Waals surface area contributed by atoms with E-state index >= 15 is 0 Å². The molecule has 4 nitrogen and oxygen atoms in total. The van der Waals surface area contributed by atoms with Crippen molar-refractivity contribution >= 4 is 21.8 Å². The van der Waals surface area contributed by atoms with Crippen LogP contribution >= 0.6 is 0 Å². The van der Waals surface area contributed by atoms with E-state index in [-0.39, 0.29) is 0 Å². The average molecular weight is 246 g/mol. The molecule has 0 saturated carbocycles. The molecule has 0 fully saturated rings. The Kier molecular flexibility index (Phi) is 2.08. The zero-order chi connectivity index (χ0) is 12.7. The quantitative estimate of drug-likeness (QED) is 0.561. The number of benzene rings is 2. The summed E-state index contributed by atoms with van der Waals surface area (Å²) in [7, 11) is 0. The van der Waals surface area contributed by atoms with E-state index in [1.807, 2.05) is 12.1 Å². The first-order chi connectivity index (χ1) is 9.40. The second-order valence-electron chi connectivity index (χ2n) is 4.39. The summed E-state index contributed by atoms with van der Waals surface area (Å²) in [5, 5.41) is 2.39. The van der Waals surface area contributed by atoms with Gasteiger partial charge in [0.05, 0.1) is 17.2 Å². The SMILES string of the molecule is c1ccc2cc3[nH]c(-c4cnccn4)nc3cc2c1. The predicted molar refractivity (Wildman–Crippen MR) is 74.6 cm³/mol. The van der Waals surface area contributed by atoms with E-state index in [0.717, 1.165) is 22.6 Å². The van der Waals surface area contributed by atoms with E-state index in [1.54, 1.807) is 18.6 Å². The standard InChI is InChI=1S/C15H10N4/c1-2-4-11-8-13-12(7-10(11)3-1)18-15(19-13)14-9-16-5-6-17-14/h1-9H,(H,18,19). The normalized spacial score (nSPS) is 11.2. The Labute approximate surface area is 109 Å². The van der Waals surface area contributed by atoms with Gasteiger partial charge in [-0.1, -0.05) is 24.3 Å². The molecule has 0 aliphatic rings. The molecule has 0 radical (unpaired) electrons. The van der Waals surface area contributed by atoms with Crippen LogP contribution in [-0.2, 0) is 0 Å². The van der Waals surface area contributed by atoms with E-state index < -0.39 is 0 Å². The van der Waals surface area contributed by atoms with Crippen LogP contribution in [0.2, 0.25) is 0 Å². The summed E-state index contributed by atoms with van der Waals surface area (Å²) in [5.41, 5.74) is 2.71. The van der Waals surface area contributed by atoms with Crippen LogP contribution in [-0.4, -0.2) is 19.9 Å². The van der Waals surface area contributed by atoms with Crippen LogP contribution in [0.1, 0.15) is 0 Å². The molecule has 2 aromatic heterocycles. The minimum Gasteiger partial charge on any atom is -0.337 e. The molecule has 0 spiro atoms. The largest absolute Gasteiger partial charge is 0.337 e. The molecule has 0 aliphatic heterocycles. The van der Waals surface area contributed by atoms with Gasteiger partial charge in [-0.15, -0.1) is 0 Å². The highest BCUT2D eigenvalue weighted by Crippen LogP contribution is 2.23. The molecule has 0 atom stereocenters. The first-order valence-corrected chi connectivity index (χ1v) is 6.05. The highest BCUT2D eigenvalue weighted by Gasteiger charge is 2.07. The molecular weight excluding hydrogens is 236 g/mol. The first-order valence-electron chi connectivity index (χ1n) is 6.05. The Balaban J connectivity index is 1.98. The van der Waals surface area contributed by atoms with Gasteiger partial charge in [-0.25, -0.2) is 9.97 Å². The Morgan fingerprint density at radius 2 is 1.79 bits per heavy atom. The summed E-state index contributed by atoms with van der Waals surface area (Å²) in [6, 6.07) is 12.4. The van der Waals surface area contributed by atoms with Crippen molar-refractivity contribution in [1.82, 2.24) is 19.9 Å². The lowest BCUT2D eigenvalue weighted by atomic mass is 10.1. The summed E-state index contributed by atoms with van der Waals surface area (Å²) < 4.78 is 0. The van der Waals surface area contributed by atoms with Gasteiger partial charge in [0.15, 0.2) is 5.82 Å². The lowest BCUT2D eigenvalue weighted by Crippen LogP contribution is -1.85. The molecule has 90 valence electrons. The molecule has 4 rings (SSSR count). The smallest absolute Gasteiger partial charge is 0.158 e. The molecule has 4 aromatic rings. The van der Waals surface area contributed by atoms with Crippen LogP contribution in [0, 0.1) is 0 Å². The van der Waals surface area contributed by atoms with Crippen LogP contribution in [0.15, 0.2) is 55.0 Å². The van der Waals surface area contributed by atoms with Gasteiger partial charge in [0.2, 0.25) is 0 Å². The molecular formula is C15H10N4. The molecule has 1 N–H and O–H groups in total. The maximum absolute atomic E-state index is 4.58. The van der Waals surface area contributed by atoms with Crippen LogP contribution in [0.3, 0.4) is 0 Å². The van der Waals surface area contributed by atoms with Crippen molar-refractivity contribution in [2.24, 2.45) is 0 Å². The Hall–Kier alpha value is -2.75. The third-order valence-electron chi connectivity index (χ3n) is 3.16. The number of nitrogens with zero attached hydrogens (tertiary/aromatic N) is 3. The van der Waals surface area contributed by atoms with Gasteiger partial charge in [-0.2, -0.15) is 0 Å². The third-order valence-corrected chi connectivity index (χ3v) is 3.16. The fourth-order valence-corrected chi connectivity index (χ4v) is 2.24. The van der Waals surface area contributed by atoms with Gasteiger partial charge in [-0.3, -0.25) is 4.98 Å². The second-order valence-corrected chi connectivity index (χ2v) is 4.39. The molecule has 0 amide bonds. The number of H-pyrrole nitrogens is 1. The van der Waals surface area contributed by atoms with E-state index in [2.05, 4.69) is 44.2 Å². The highest BCUT2D eigenvalue weighted by molar-refractivity contribution is 5.95. The van der Waals surface area contributed by atoms with Gasteiger partial charge < -0.3 is 4.98 Å². The van der Waals surface area contributed by atoms with Gasteiger partial charge in [0, 0.05) is 12.4 Å². The average Bonchev–Trinajstić information content (AvgIpc) is 2.88. The number of hydrogen-bond donors (Lipinski definition) is 1. The van der Waals surface area contributed by atoms with Crippen molar-refractivity contribution in [1.29, 1.82) is 0 Å². The minimum atomic E-state index is 0.749. The summed E-state index contributed by atoms with van der Waals surface area (Å²) in [4.78, 5) is 16.2. The van der Waals surface area contributed by atoms with Crippen molar-refractivity contribution in [3.63, 3.8) is 0 Å². The van der Waals surface area contributed by atoms with Crippen molar-refractivity contribution < 1.29 is 0 Å². The molecule has 0 bridgehead atoms. The van der Waals surface area contributed by atoms with Crippen LogP contribution < -0.4 is 0 Å². The fraction of sp³-hybridized carbons (Fsp3) is 0. The van der Waals surface area contributed by atoms with E-state index in [1.165, 1.54) is 10.8 Å². The number of aromatic nitrogens is 4. The van der Waals surface area contributed by atoms with Crippen LogP contribution in [0.5, 0.6) is 0 Å². The Morgan fingerprint density at radius 1 is 0.947 bits per heavy atom. The predicted octanol–water partition coefficient (Wildman–Crippen LogP) is 3.17. The molecule has 2 heterocycles. The zero-order valence-corrected chi connectivity index (χ0v) is 10.0. The molecule has 0 saturated heterocycles. The molecule has 0 aliphatic carbocycles. The first kappa shape index (κ1) is 10.2. The van der Waals surface area contributed by atoms with Crippen LogP contribution in [0.4, 0.5) is 0 Å². The zero-order valence-electron chi connectivity index (χ0n) is 10.0. The number of fused-ring (bicyclic) bond motifs is 2. The van der Waals surface area contributed by atoms with Crippen molar-refractivity contribution in [2.45, 2.75) is 0 Å². The van der Waals surface area contributed by atoms with Gasteiger partial charge in [0.25, 0.3) is 0 Å². The molecule has 2 aromatic carbocycles. The molecule has 0 unspecified atom stereocenters. The summed E-state index contributed by atoms with van der Waals surface area (Å²) in [5.74, 6) is 0.749. The van der Waals surface area contributed by atoms with Gasteiger partial charge in [-0.05, 0) is 22.9 Å². The summed E-state index contributed by atoms with van der Waals surface area (Å²) >= 11 is 0. The number of hydrogen-bond acceptors (Lipinski definition) is 3. The fourth-order valence-electron chi connectivity index (χ4n) is 2.24. The third kappa shape index (κ3) is 1.65. The van der Waals surface area contributed by atoms with Crippen molar-refractivity contribution in [3.05, 3.63) is 55.0 Å². The van der Waals surface area contributed by atoms with Gasteiger partial charge in [0.1, 0.15) is 5.69 Å². The monoisotopic (exact) mass is 246 g/mol. The van der Waals surface area contributed by atoms with E-state index in [4.69, 9.17) is 0 Å². The van der Waals surface area contributed by atoms with E-state index in [9.17, 15) is 0 Å².